The van der Waals surface area contributed by atoms with Gasteiger partial charge in [-0.15, -0.1) is 0 Å². The molecule has 7 heteroatoms. The fraction of sp³-hybridized carbons (Fsp3) is 0.174. The zero-order valence-electron chi connectivity index (χ0n) is 16.7. The second-order valence-electron chi connectivity index (χ2n) is 6.57. The number of esters is 1. The van der Waals surface area contributed by atoms with Crippen LogP contribution in [0.3, 0.4) is 0 Å². The lowest BCUT2D eigenvalue weighted by molar-refractivity contribution is 0.0526. The molecule has 0 saturated heterocycles. The van der Waals surface area contributed by atoms with E-state index in [-0.39, 0.29) is 11.8 Å². The molecule has 0 unspecified atom stereocenters. The second-order valence-corrected chi connectivity index (χ2v) is 7.58. The molecule has 4 rings (SSSR count). The summed E-state index contributed by atoms with van der Waals surface area (Å²) in [4.78, 5) is 22.3. The van der Waals surface area contributed by atoms with Gasteiger partial charge < -0.3 is 9.84 Å². The van der Waals surface area contributed by atoms with Crippen molar-refractivity contribution in [3.63, 3.8) is 0 Å². The minimum Gasteiger partial charge on any atom is -0.493 e. The molecule has 0 radical (unpaired) electrons. The minimum absolute atomic E-state index is 0.176. The van der Waals surface area contributed by atoms with Crippen LogP contribution in [-0.2, 0) is 11.3 Å². The van der Waals surface area contributed by atoms with E-state index < -0.39 is 0 Å². The van der Waals surface area contributed by atoms with Crippen molar-refractivity contribution in [1.82, 2.24) is 4.57 Å². The van der Waals surface area contributed by atoms with Crippen LogP contribution in [-0.4, -0.2) is 28.5 Å². The van der Waals surface area contributed by atoms with E-state index in [1.165, 1.54) is 11.3 Å². The van der Waals surface area contributed by atoms with Gasteiger partial charge in [0, 0.05) is 23.9 Å². The predicted molar refractivity (Wildman–Crippen MR) is 120 cm³/mol. The molecule has 0 spiro atoms. The molecule has 0 atom stereocenters. The molecule has 0 amide bonds. The van der Waals surface area contributed by atoms with E-state index in [1.807, 2.05) is 43.5 Å². The van der Waals surface area contributed by atoms with Crippen LogP contribution in [0.4, 0.5) is 11.4 Å². The summed E-state index contributed by atoms with van der Waals surface area (Å²) >= 11 is 1.40. The number of nitrogens with zero attached hydrogens (tertiary/aromatic N) is 3. The molecular formula is C23H21N3O3S. The van der Waals surface area contributed by atoms with Gasteiger partial charge in [-0.05, 0) is 50.3 Å². The van der Waals surface area contributed by atoms with Crippen molar-refractivity contribution in [2.75, 3.05) is 6.61 Å². The van der Waals surface area contributed by atoms with Gasteiger partial charge in [0.05, 0.1) is 28.4 Å². The molecule has 0 bridgehead atoms. The van der Waals surface area contributed by atoms with Gasteiger partial charge in [-0.25, -0.2) is 9.79 Å². The number of thiazole rings is 1. The zero-order valence-corrected chi connectivity index (χ0v) is 17.5. The number of aliphatic imine (C=N–C) groups is 1. The van der Waals surface area contributed by atoms with E-state index in [0.717, 1.165) is 21.7 Å². The minimum atomic E-state index is -0.353. The number of allylic oxidation sites excluding steroid dienone is 1. The van der Waals surface area contributed by atoms with Gasteiger partial charge in [0.25, 0.3) is 0 Å². The van der Waals surface area contributed by atoms with E-state index in [0.29, 0.717) is 29.2 Å². The number of fused-ring (bicyclic) bond motifs is 1. The van der Waals surface area contributed by atoms with Crippen molar-refractivity contribution in [3.8, 4) is 5.88 Å². The van der Waals surface area contributed by atoms with Crippen LogP contribution in [0.5, 0.6) is 5.88 Å². The van der Waals surface area contributed by atoms with E-state index >= 15 is 0 Å². The normalized spacial score (nSPS) is 14.3. The fourth-order valence-electron chi connectivity index (χ4n) is 3.18. The molecule has 152 valence electrons. The number of carbonyl (C=O) groups is 1. The molecule has 1 aliphatic rings. The molecule has 3 aromatic rings. The van der Waals surface area contributed by atoms with Crippen LogP contribution in [0.15, 0.2) is 58.5 Å². The monoisotopic (exact) mass is 419 g/mol. The summed E-state index contributed by atoms with van der Waals surface area (Å²) in [5.74, 6) is -0.177. The third kappa shape index (κ3) is 3.84. The number of ether oxygens (including phenoxy) is 1. The lowest BCUT2D eigenvalue weighted by atomic mass is 10.1. The predicted octanol–water partition coefficient (Wildman–Crippen LogP) is 4.94. The lowest BCUT2D eigenvalue weighted by Gasteiger charge is -2.02. The smallest absolute Gasteiger partial charge is 0.338 e. The Morgan fingerprint density at radius 2 is 1.97 bits per heavy atom. The summed E-state index contributed by atoms with van der Waals surface area (Å²) in [5.41, 5.74) is 4.10. The largest absolute Gasteiger partial charge is 0.493 e. The molecule has 2 aromatic carbocycles. The van der Waals surface area contributed by atoms with E-state index in [4.69, 9.17) is 4.74 Å². The van der Waals surface area contributed by atoms with Gasteiger partial charge >= 0.3 is 5.97 Å². The topological polar surface area (TPSA) is 76.2 Å². The summed E-state index contributed by atoms with van der Waals surface area (Å²) < 4.78 is 6.77. The summed E-state index contributed by atoms with van der Waals surface area (Å²) in [6.07, 6.45) is 3.75. The Morgan fingerprint density at radius 1 is 1.20 bits per heavy atom. The first kappa shape index (κ1) is 19.8. The first-order chi connectivity index (χ1) is 14.6. The Bertz CT molecular complexity index is 1220. The quantitative estimate of drug-likeness (QED) is 0.595. The number of aromatic nitrogens is 1. The second kappa shape index (κ2) is 8.51. The highest BCUT2D eigenvalue weighted by atomic mass is 32.1. The Kier molecular flexibility index (Phi) is 5.63. The molecule has 1 N–H and O–H groups in total. The maximum absolute atomic E-state index is 11.8. The first-order valence-corrected chi connectivity index (χ1v) is 10.5. The summed E-state index contributed by atoms with van der Waals surface area (Å²) in [6, 6.07) is 14.8. The van der Waals surface area contributed by atoms with Gasteiger partial charge in [-0.3, -0.25) is 9.56 Å². The van der Waals surface area contributed by atoms with Crippen molar-refractivity contribution in [1.29, 1.82) is 0 Å². The molecule has 0 fully saturated rings. The van der Waals surface area contributed by atoms with E-state index in [1.54, 1.807) is 35.8 Å². The van der Waals surface area contributed by atoms with Crippen LogP contribution in [0.2, 0.25) is 0 Å². The van der Waals surface area contributed by atoms with Crippen LogP contribution in [0, 0.1) is 0 Å². The van der Waals surface area contributed by atoms with Gasteiger partial charge in [0.1, 0.15) is 0 Å². The maximum Gasteiger partial charge on any atom is 0.338 e. The first-order valence-electron chi connectivity index (χ1n) is 9.70. The highest BCUT2D eigenvalue weighted by Gasteiger charge is 2.15. The number of hydrogen-bond acceptors (Lipinski definition) is 6. The molecule has 0 saturated carbocycles. The summed E-state index contributed by atoms with van der Waals surface area (Å²) in [6.45, 7) is 4.65. The number of para-hydroxylation sites is 1. The standard InChI is InChI=1S/C23H21N3O3S/c1-3-26-21(27)20(13-16-14-24-19-8-6-5-7-18(16)19)30-23(26)25-17-11-9-15(10-12-17)22(28)29-4-2/h5-14,27H,3-4H2,1-2H3. The van der Waals surface area contributed by atoms with Gasteiger partial charge in [0.15, 0.2) is 4.80 Å². The average molecular weight is 420 g/mol. The van der Waals surface area contributed by atoms with E-state index in [2.05, 4.69) is 9.98 Å². The van der Waals surface area contributed by atoms with Gasteiger partial charge in [-0.1, -0.05) is 29.5 Å². The number of carbonyl (C=O) groups excluding carboxylic acids is 1. The number of rotatable bonds is 5. The molecule has 0 aliphatic carbocycles. The van der Waals surface area contributed by atoms with Crippen LogP contribution in [0.1, 0.15) is 34.6 Å². The van der Waals surface area contributed by atoms with E-state index in [9.17, 15) is 9.90 Å². The SMILES string of the molecule is CCOC(=O)c1ccc(N=c2sc(C=C3C=Nc4ccccc43)c(O)n2CC)cc1. The summed E-state index contributed by atoms with van der Waals surface area (Å²) in [5, 5.41) is 10.7. The fourth-order valence-corrected chi connectivity index (χ4v) is 4.24. The third-order valence-corrected chi connectivity index (χ3v) is 5.69. The van der Waals surface area contributed by atoms with Crippen molar-refractivity contribution in [3.05, 3.63) is 69.3 Å². The van der Waals surface area contributed by atoms with Crippen LogP contribution < -0.4 is 4.80 Å². The third-order valence-electron chi connectivity index (χ3n) is 4.67. The molecule has 1 aromatic heterocycles. The van der Waals surface area contributed by atoms with Crippen molar-refractivity contribution >= 4 is 46.5 Å². The molecule has 6 nitrogen and oxygen atoms in total. The Balaban J connectivity index is 1.70. The zero-order chi connectivity index (χ0) is 21.1. The Morgan fingerprint density at radius 3 is 2.70 bits per heavy atom. The maximum atomic E-state index is 11.8. The number of aromatic hydroxyl groups is 1. The van der Waals surface area contributed by atoms with Gasteiger partial charge in [0.2, 0.25) is 5.88 Å². The highest BCUT2D eigenvalue weighted by molar-refractivity contribution is 7.10. The summed E-state index contributed by atoms with van der Waals surface area (Å²) in [7, 11) is 0. The highest BCUT2D eigenvalue weighted by Crippen LogP contribution is 2.34. The Labute approximate surface area is 178 Å². The van der Waals surface area contributed by atoms with Gasteiger partial charge in [-0.2, -0.15) is 0 Å². The Hall–Kier alpha value is -3.45. The van der Waals surface area contributed by atoms with Crippen molar-refractivity contribution < 1.29 is 14.6 Å². The van der Waals surface area contributed by atoms with Crippen LogP contribution in [0.25, 0.3) is 11.6 Å². The van der Waals surface area contributed by atoms with Crippen LogP contribution >= 0.6 is 11.3 Å². The lowest BCUT2D eigenvalue weighted by Crippen LogP contribution is -2.12. The number of hydrogen-bond donors (Lipinski definition) is 1. The molecular weight excluding hydrogens is 398 g/mol. The average Bonchev–Trinajstić information content (AvgIpc) is 3.30. The molecule has 30 heavy (non-hydrogen) atoms. The van der Waals surface area contributed by atoms with Crippen molar-refractivity contribution in [2.24, 2.45) is 9.98 Å². The molecule has 1 aliphatic heterocycles. The number of benzene rings is 2. The van der Waals surface area contributed by atoms with Crippen molar-refractivity contribution in [2.45, 2.75) is 20.4 Å². The molecule has 2 heterocycles.